The minimum Gasteiger partial charge on any atom is -0.465 e. The number of piperidine rings is 1. The SMILES string of the molecule is CCOC(=O)C(CC)N1CCCC(CC)C1. The molecule has 0 amide bonds. The lowest BCUT2D eigenvalue weighted by atomic mass is 9.94. The van der Waals surface area contributed by atoms with Crippen LogP contribution < -0.4 is 0 Å². The van der Waals surface area contributed by atoms with E-state index in [0.717, 1.165) is 25.4 Å². The lowest BCUT2D eigenvalue weighted by molar-refractivity contribution is -0.150. The molecule has 0 radical (unpaired) electrons. The number of ether oxygens (including phenoxy) is 1. The van der Waals surface area contributed by atoms with Gasteiger partial charge in [0.05, 0.1) is 6.61 Å². The number of esters is 1. The first-order valence-electron chi connectivity index (χ1n) is 6.63. The van der Waals surface area contributed by atoms with Gasteiger partial charge in [-0.3, -0.25) is 9.69 Å². The highest BCUT2D eigenvalue weighted by Gasteiger charge is 2.29. The van der Waals surface area contributed by atoms with E-state index in [1.54, 1.807) is 0 Å². The van der Waals surface area contributed by atoms with Gasteiger partial charge >= 0.3 is 5.97 Å². The Labute approximate surface area is 99.1 Å². The maximum absolute atomic E-state index is 11.8. The molecule has 0 aromatic carbocycles. The van der Waals surface area contributed by atoms with Gasteiger partial charge in [0, 0.05) is 6.54 Å². The van der Waals surface area contributed by atoms with E-state index in [2.05, 4.69) is 18.7 Å². The zero-order valence-electron chi connectivity index (χ0n) is 10.9. The fourth-order valence-corrected chi connectivity index (χ4v) is 2.53. The molecule has 1 fully saturated rings. The van der Waals surface area contributed by atoms with Gasteiger partial charge in [0.2, 0.25) is 0 Å². The lowest BCUT2D eigenvalue weighted by Gasteiger charge is -2.36. The molecule has 0 saturated carbocycles. The number of hydrogen-bond acceptors (Lipinski definition) is 3. The summed E-state index contributed by atoms with van der Waals surface area (Å²) in [6.45, 7) is 8.77. The van der Waals surface area contributed by atoms with E-state index in [0.29, 0.717) is 6.61 Å². The van der Waals surface area contributed by atoms with Crippen molar-refractivity contribution in [3.63, 3.8) is 0 Å². The number of carbonyl (C=O) groups is 1. The van der Waals surface area contributed by atoms with Crippen LogP contribution in [0.25, 0.3) is 0 Å². The zero-order valence-corrected chi connectivity index (χ0v) is 10.9. The van der Waals surface area contributed by atoms with Crippen LogP contribution >= 0.6 is 0 Å². The topological polar surface area (TPSA) is 29.5 Å². The molecule has 2 atom stereocenters. The molecular formula is C13H25NO2. The third-order valence-electron chi connectivity index (χ3n) is 3.51. The fourth-order valence-electron chi connectivity index (χ4n) is 2.53. The van der Waals surface area contributed by atoms with Crippen molar-refractivity contribution in [3.05, 3.63) is 0 Å². The van der Waals surface area contributed by atoms with Crippen molar-refractivity contribution in [1.82, 2.24) is 4.90 Å². The molecule has 0 bridgehead atoms. The van der Waals surface area contributed by atoms with Gasteiger partial charge in [0.15, 0.2) is 0 Å². The molecule has 0 aromatic heterocycles. The molecule has 94 valence electrons. The summed E-state index contributed by atoms with van der Waals surface area (Å²) in [7, 11) is 0. The zero-order chi connectivity index (χ0) is 12.0. The van der Waals surface area contributed by atoms with Crippen molar-refractivity contribution in [3.8, 4) is 0 Å². The highest BCUT2D eigenvalue weighted by atomic mass is 16.5. The predicted molar refractivity (Wildman–Crippen MR) is 65.3 cm³/mol. The second-order valence-corrected chi connectivity index (χ2v) is 4.59. The number of likely N-dealkylation sites (tertiary alicyclic amines) is 1. The van der Waals surface area contributed by atoms with Crippen LogP contribution in [-0.4, -0.2) is 36.6 Å². The Balaban J connectivity index is 2.54. The molecule has 0 aliphatic carbocycles. The van der Waals surface area contributed by atoms with Crippen LogP contribution in [0.4, 0.5) is 0 Å². The van der Waals surface area contributed by atoms with Crippen molar-refractivity contribution in [2.45, 2.75) is 52.5 Å². The maximum Gasteiger partial charge on any atom is 0.323 e. The standard InChI is InChI=1S/C13H25NO2/c1-4-11-8-7-9-14(10-11)12(5-2)13(15)16-6-3/h11-12H,4-10H2,1-3H3. The number of rotatable bonds is 5. The van der Waals surface area contributed by atoms with Crippen molar-refractivity contribution in [1.29, 1.82) is 0 Å². The minimum atomic E-state index is -0.0400. The van der Waals surface area contributed by atoms with Gasteiger partial charge in [0.25, 0.3) is 0 Å². The molecule has 0 aromatic rings. The first kappa shape index (κ1) is 13.5. The molecule has 1 rings (SSSR count). The van der Waals surface area contributed by atoms with E-state index in [4.69, 9.17) is 4.74 Å². The molecule has 0 N–H and O–H groups in total. The summed E-state index contributed by atoms with van der Waals surface area (Å²) in [4.78, 5) is 14.1. The average Bonchev–Trinajstić information content (AvgIpc) is 2.31. The highest BCUT2D eigenvalue weighted by Crippen LogP contribution is 2.22. The molecular weight excluding hydrogens is 202 g/mol. The molecule has 1 saturated heterocycles. The van der Waals surface area contributed by atoms with Crippen LogP contribution in [-0.2, 0) is 9.53 Å². The monoisotopic (exact) mass is 227 g/mol. The third kappa shape index (κ3) is 3.48. The molecule has 1 heterocycles. The molecule has 3 heteroatoms. The van der Waals surface area contributed by atoms with Crippen molar-refractivity contribution in [2.75, 3.05) is 19.7 Å². The quantitative estimate of drug-likeness (QED) is 0.676. The van der Waals surface area contributed by atoms with Crippen molar-refractivity contribution >= 4 is 5.97 Å². The second-order valence-electron chi connectivity index (χ2n) is 4.59. The maximum atomic E-state index is 11.8. The summed E-state index contributed by atoms with van der Waals surface area (Å²) in [5, 5.41) is 0. The Bertz CT molecular complexity index is 218. The lowest BCUT2D eigenvalue weighted by Crippen LogP contribution is -2.47. The smallest absolute Gasteiger partial charge is 0.323 e. The Kier molecular flexibility index (Phi) is 5.81. The summed E-state index contributed by atoms with van der Waals surface area (Å²) in [6.07, 6.45) is 4.60. The van der Waals surface area contributed by atoms with Gasteiger partial charge in [-0.2, -0.15) is 0 Å². The number of nitrogens with zero attached hydrogens (tertiary/aromatic N) is 1. The predicted octanol–water partition coefficient (Wildman–Crippen LogP) is 2.45. The Morgan fingerprint density at radius 3 is 2.75 bits per heavy atom. The van der Waals surface area contributed by atoms with Crippen LogP contribution in [0.15, 0.2) is 0 Å². The molecule has 16 heavy (non-hydrogen) atoms. The normalized spacial score (nSPS) is 24.1. The van der Waals surface area contributed by atoms with E-state index < -0.39 is 0 Å². The van der Waals surface area contributed by atoms with Gasteiger partial charge < -0.3 is 4.74 Å². The van der Waals surface area contributed by atoms with Crippen LogP contribution in [0, 0.1) is 5.92 Å². The van der Waals surface area contributed by atoms with E-state index in [1.807, 2.05) is 6.92 Å². The molecule has 0 spiro atoms. The van der Waals surface area contributed by atoms with Gasteiger partial charge in [-0.05, 0) is 38.6 Å². The highest BCUT2D eigenvalue weighted by molar-refractivity contribution is 5.75. The summed E-state index contributed by atoms with van der Waals surface area (Å²) < 4.78 is 5.14. The number of carbonyl (C=O) groups excluding carboxylic acids is 1. The van der Waals surface area contributed by atoms with Crippen molar-refractivity contribution < 1.29 is 9.53 Å². The Morgan fingerprint density at radius 2 is 2.19 bits per heavy atom. The summed E-state index contributed by atoms with van der Waals surface area (Å²) in [6, 6.07) is -0.0192. The van der Waals surface area contributed by atoms with Crippen LogP contribution in [0.5, 0.6) is 0 Å². The summed E-state index contributed by atoms with van der Waals surface area (Å²) in [5.74, 6) is 0.721. The van der Waals surface area contributed by atoms with E-state index in [1.165, 1.54) is 19.3 Å². The summed E-state index contributed by atoms with van der Waals surface area (Å²) in [5.41, 5.74) is 0. The molecule has 1 aliphatic rings. The number of hydrogen-bond donors (Lipinski definition) is 0. The minimum absolute atomic E-state index is 0.0192. The van der Waals surface area contributed by atoms with Crippen LogP contribution in [0.2, 0.25) is 0 Å². The van der Waals surface area contributed by atoms with Gasteiger partial charge in [0.1, 0.15) is 6.04 Å². The first-order chi connectivity index (χ1) is 7.72. The Hall–Kier alpha value is -0.570. The van der Waals surface area contributed by atoms with Crippen LogP contribution in [0.3, 0.4) is 0 Å². The van der Waals surface area contributed by atoms with E-state index in [9.17, 15) is 4.79 Å². The van der Waals surface area contributed by atoms with E-state index in [-0.39, 0.29) is 12.0 Å². The molecule has 3 nitrogen and oxygen atoms in total. The fraction of sp³-hybridized carbons (Fsp3) is 0.923. The largest absolute Gasteiger partial charge is 0.465 e. The first-order valence-corrected chi connectivity index (χ1v) is 6.63. The average molecular weight is 227 g/mol. The van der Waals surface area contributed by atoms with Gasteiger partial charge in [-0.1, -0.05) is 20.3 Å². The van der Waals surface area contributed by atoms with Gasteiger partial charge in [-0.15, -0.1) is 0 Å². The van der Waals surface area contributed by atoms with Gasteiger partial charge in [-0.25, -0.2) is 0 Å². The summed E-state index contributed by atoms with van der Waals surface area (Å²) >= 11 is 0. The third-order valence-corrected chi connectivity index (χ3v) is 3.51. The molecule has 1 aliphatic heterocycles. The van der Waals surface area contributed by atoms with Crippen molar-refractivity contribution in [2.24, 2.45) is 5.92 Å². The second kappa shape index (κ2) is 6.89. The molecule has 2 unspecified atom stereocenters. The van der Waals surface area contributed by atoms with Crippen LogP contribution in [0.1, 0.15) is 46.5 Å². The van der Waals surface area contributed by atoms with E-state index >= 15 is 0 Å². The Morgan fingerprint density at radius 1 is 1.44 bits per heavy atom.